The van der Waals surface area contributed by atoms with Crippen LogP contribution in [0, 0.1) is 5.82 Å². The van der Waals surface area contributed by atoms with E-state index in [2.05, 4.69) is 5.32 Å². The fourth-order valence-electron chi connectivity index (χ4n) is 2.07. The van der Waals surface area contributed by atoms with Crippen LogP contribution in [0.3, 0.4) is 0 Å². The Bertz CT molecular complexity index is 559. The van der Waals surface area contributed by atoms with Crippen LogP contribution in [0.2, 0.25) is 0 Å². The number of β-amino-alcohol motifs (C(OH)–C–C–N with tert-alkyl or cyclic N) is 1. The van der Waals surface area contributed by atoms with E-state index in [0.717, 1.165) is 18.2 Å². The molecule has 3 N–H and O–H groups in total. The van der Waals surface area contributed by atoms with E-state index in [0.29, 0.717) is 13.0 Å². The first kappa shape index (κ1) is 14.3. The number of aromatic carboxylic acids is 1. The van der Waals surface area contributed by atoms with E-state index in [1.54, 1.807) is 6.92 Å². The zero-order chi connectivity index (χ0) is 14.9. The number of nitrogens with one attached hydrogen (secondary N) is 1. The number of amides is 2. The lowest BCUT2D eigenvalue weighted by Gasteiger charge is -2.19. The Balaban J connectivity index is 2.12. The van der Waals surface area contributed by atoms with Crippen molar-refractivity contribution in [2.75, 3.05) is 18.4 Å². The molecule has 0 spiro atoms. The first-order valence-electron chi connectivity index (χ1n) is 6.10. The third-order valence-electron chi connectivity index (χ3n) is 3.19. The van der Waals surface area contributed by atoms with Crippen LogP contribution >= 0.6 is 0 Å². The van der Waals surface area contributed by atoms with E-state index in [1.165, 1.54) is 4.90 Å². The number of carbonyl (C=O) groups excluding carboxylic acids is 1. The lowest BCUT2D eigenvalue weighted by molar-refractivity contribution is 0.0696. The van der Waals surface area contributed by atoms with Crippen LogP contribution in [0.1, 0.15) is 23.7 Å². The van der Waals surface area contributed by atoms with Crippen molar-refractivity contribution in [3.8, 4) is 0 Å². The van der Waals surface area contributed by atoms with Gasteiger partial charge in [0.05, 0.1) is 23.4 Å². The van der Waals surface area contributed by atoms with Crippen LogP contribution in [-0.4, -0.2) is 45.8 Å². The molecule has 6 nitrogen and oxygen atoms in total. The van der Waals surface area contributed by atoms with Gasteiger partial charge in [0.15, 0.2) is 0 Å². The Kier molecular flexibility index (Phi) is 3.63. The maximum Gasteiger partial charge on any atom is 0.335 e. The molecule has 7 heteroatoms. The minimum Gasteiger partial charge on any atom is -0.478 e. The van der Waals surface area contributed by atoms with Gasteiger partial charge in [-0.15, -0.1) is 0 Å². The number of urea groups is 1. The van der Waals surface area contributed by atoms with Crippen molar-refractivity contribution in [3.05, 3.63) is 29.6 Å². The monoisotopic (exact) mass is 282 g/mol. The largest absolute Gasteiger partial charge is 0.478 e. The summed E-state index contributed by atoms with van der Waals surface area (Å²) < 4.78 is 13.6. The summed E-state index contributed by atoms with van der Waals surface area (Å²) >= 11 is 0. The third-order valence-corrected chi connectivity index (χ3v) is 3.19. The number of halogens is 1. The number of hydrogen-bond acceptors (Lipinski definition) is 3. The number of rotatable bonds is 2. The summed E-state index contributed by atoms with van der Waals surface area (Å²) in [6.07, 6.45) is 0.443. The molecule has 1 heterocycles. The predicted molar refractivity (Wildman–Crippen MR) is 69.2 cm³/mol. The molecule has 0 radical (unpaired) electrons. The number of carboxylic acids is 1. The summed E-state index contributed by atoms with van der Waals surface area (Å²) in [4.78, 5) is 24.1. The normalized spacial score (nSPS) is 21.9. The minimum absolute atomic E-state index is 0.116. The molecule has 0 bridgehead atoms. The summed E-state index contributed by atoms with van der Waals surface area (Å²) in [7, 11) is 0. The summed E-state index contributed by atoms with van der Waals surface area (Å²) in [6, 6.07) is 2.60. The number of carbonyl (C=O) groups is 2. The van der Waals surface area contributed by atoms with Crippen molar-refractivity contribution in [1.29, 1.82) is 0 Å². The van der Waals surface area contributed by atoms with E-state index in [1.807, 2.05) is 0 Å². The maximum atomic E-state index is 13.6. The highest BCUT2D eigenvalue weighted by atomic mass is 19.1. The second kappa shape index (κ2) is 5.09. The van der Waals surface area contributed by atoms with Gasteiger partial charge in [0.2, 0.25) is 0 Å². The summed E-state index contributed by atoms with van der Waals surface area (Å²) in [5, 5.41) is 20.9. The Morgan fingerprint density at radius 2 is 2.15 bits per heavy atom. The number of anilines is 1. The molecule has 1 aliphatic rings. The van der Waals surface area contributed by atoms with E-state index in [9.17, 15) is 19.1 Å². The molecule has 1 unspecified atom stereocenters. The molecule has 20 heavy (non-hydrogen) atoms. The molecular formula is C13H15FN2O4. The van der Waals surface area contributed by atoms with Gasteiger partial charge in [-0.2, -0.15) is 0 Å². The highest BCUT2D eigenvalue weighted by Crippen LogP contribution is 2.22. The minimum atomic E-state index is -1.20. The Hall–Kier alpha value is -2.15. The van der Waals surface area contributed by atoms with Crippen molar-refractivity contribution in [3.63, 3.8) is 0 Å². The highest BCUT2D eigenvalue weighted by Gasteiger charge is 2.34. The molecule has 0 saturated carbocycles. The molecule has 108 valence electrons. The van der Waals surface area contributed by atoms with E-state index >= 15 is 0 Å². The molecule has 2 rings (SSSR count). The zero-order valence-corrected chi connectivity index (χ0v) is 10.9. The molecule has 0 aromatic heterocycles. The topological polar surface area (TPSA) is 89.9 Å². The van der Waals surface area contributed by atoms with Gasteiger partial charge in [-0.05, 0) is 31.5 Å². The van der Waals surface area contributed by atoms with Crippen LogP contribution in [-0.2, 0) is 0 Å². The van der Waals surface area contributed by atoms with Gasteiger partial charge in [-0.1, -0.05) is 0 Å². The number of aliphatic hydroxyl groups is 1. The van der Waals surface area contributed by atoms with E-state index in [-0.39, 0.29) is 17.8 Å². The van der Waals surface area contributed by atoms with Gasteiger partial charge < -0.3 is 20.4 Å². The van der Waals surface area contributed by atoms with Crippen molar-refractivity contribution in [1.82, 2.24) is 4.90 Å². The lowest BCUT2D eigenvalue weighted by atomic mass is 10.1. The van der Waals surface area contributed by atoms with Crippen molar-refractivity contribution in [2.24, 2.45) is 0 Å². The smallest absolute Gasteiger partial charge is 0.335 e. The predicted octanol–water partition coefficient (Wildman–Crippen LogP) is 1.51. The lowest BCUT2D eigenvalue weighted by Crippen LogP contribution is -2.36. The number of nitrogens with zero attached hydrogens (tertiary/aromatic N) is 1. The molecular weight excluding hydrogens is 267 g/mol. The van der Waals surface area contributed by atoms with Gasteiger partial charge in [0.25, 0.3) is 0 Å². The average Bonchev–Trinajstić information content (AvgIpc) is 2.72. The van der Waals surface area contributed by atoms with Crippen LogP contribution < -0.4 is 5.32 Å². The molecule has 1 saturated heterocycles. The maximum absolute atomic E-state index is 13.6. The second-order valence-electron chi connectivity index (χ2n) is 5.10. The fourth-order valence-corrected chi connectivity index (χ4v) is 2.07. The number of benzene rings is 1. The summed E-state index contributed by atoms with van der Waals surface area (Å²) in [5.74, 6) is -1.92. The van der Waals surface area contributed by atoms with Crippen LogP contribution in [0.15, 0.2) is 18.2 Å². The average molecular weight is 282 g/mol. The Morgan fingerprint density at radius 3 is 2.70 bits per heavy atom. The summed E-state index contributed by atoms with van der Waals surface area (Å²) in [5.41, 5.74) is -1.25. The molecule has 1 fully saturated rings. The standard InChI is InChI=1S/C13H15FN2O4/c1-13(20)4-5-16(7-13)12(19)15-10-6-8(11(17)18)2-3-9(10)14/h2-3,6,20H,4-5,7H2,1H3,(H,15,19)(H,17,18). The molecule has 1 aliphatic heterocycles. The van der Waals surface area contributed by atoms with Crippen LogP contribution in [0.5, 0.6) is 0 Å². The SMILES string of the molecule is CC1(O)CCN(C(=O)Nc2cc(C(=O)O)ccc2F)C1. The van der Waals surface area contributed by atoms with E-state index < -0.39 is 23.4 Å². The molecule has 2 amide bonds. The summed E-state index contributed by atoms with van der Waals surface area (Å²) in [6.45, 7) is 2.13. The van der Waals surface area contributed by atoms with Crippen molar-refractivity contribution < 1.29 is 24.2 Å². The quantitative estimate of drug-likeness (QED) is 0.767. The second-order valence-corrected chi connectivity index (χ2v) is 5.10. The van der Waals surface area contributed by atoms with Gasteiger partial charge >= 0.3 is 12.0 Å². The number of likely N-dealkylation sites (tertiary alicyclic amines) is 1. The van der Waals surface area contributed by atoms with Gasteiger partial charge in [0.1, 0.15) is 5.82 Å². The third kappa shape index (κ3) is 3.05. The molecule has 1 aromatic rings. The van der Waals surface area contributed by atoms with E-state index in [4.69, 9.17) is 5.11 Å². The Morgan fingerprint density at radius 1 is 1.45 bits per heavy atom. The van der Waals surface area contributed by atoms with Gasteiger partial charge in [-0.25, -0.2) is 14.0 Å². The zero-order valence-electron chi connectivity index (χ0n) is 10.9. The van der Waals surface area contributed by atoms with Crippen molar-refractivity contribution in [2.45, 2.75) is 18.9 Å². The molecule has 0 aliphatic carbocycles. The first-order chi connectivity index (χ1) is 9.28. The van der Waals surface area contributed by atoms with Gasteiger partial charge in [0, 0.05) is 6.54 Å². The molecule has 1 atom stereocenters. The number of hydrogen-bond donors (Lipinski definition) is 3. The van der Waals surface area contributed by atoms with Gasteiger partial charge in [-0.3, -0.25) is 0 Å². The number of carboxylic acid groups (broad SMARTS) is 1. The van der Waals surface area contributed by atoms with Crippen LogP contribution in [0.4, 0.5) is 14.9 Å². The van der Waals surface area contributed by atoms with Crippen molar-refractivity contribution >= 4 is 17.7 Å². The fraction of sp³-hybridized carbons (Fsp3) is 0.385. The molecule has 1 aromatic carbocycles. The van der Waals surface area contributed by atoms with Crippen LogP contribution in [0.25, 0.3) is 0 Å². The Labute approximate surface area is 114 Å². The first-order valence-corrected chi connectivity index (χ1v) is 6.10. The highest BCUT2D eigenvalue weighted by molar-refractivity contribution is 5.93.